The van der Waals surface area contributed by atoms with E-state index in [1.165, 1.54) is 0 Å². The summed E-state index contributed by atoms with van der Waals surface area (Å²) < 4.78 is 0. The lowest BCUT2D eigenvalue weighted by molar-refractivity contribution is -0.117. The van der Waals surface area contributed by atoms with Crippen molar-refractivity contribution < 1.29 is 9.90 Å². The standard InChI is InChI=1S/C15H22N2O2/c1-11-3-4-12(2)14(7-11)16-15(19)9-17-6-5-13(8-17)10-18/h3-4,7,13,18H,5-6,8-10H2,1-2H3,(H,16,19). The van der Waals surface area contributed by atoms with E-state index in [2.05, 4.69) is 10.2 Å². The number of hydrogen-bond acceptors (Lipinski definition) is 3. The molecular formula is C15H22N2O2. The predicted octanol–water partition coefficient (Wildman–Crippen LogP) is 1.56. The number of amides is 1. The third-order valence-electron chi connectivity index (χ3n) is 3.66. The van der Waals surface area contributed by atoms with Crippen molar-refractivity contribution in [1.82, 2.24) is 4.90 Å². The number of nitrogens with zero attached hydrogens (tertiary/aromatic N) is 1. The first kappa shape index (κ1) is 14.0. The summed E-state index contributed by atoms with van der Waals surface area (Å²) >= 11 is 0. The smallest absolute Gasteiger partial charge is 0.238 e. The Hall–Kier alpha value is -1.39. The predicted molar refractivity (Wildman–Crippen MR) is 76.2 cm³/mol. The maximum Gasteiger partial charge on any atom is 0.238 e. The van der Waals surface area contributed by atoms with E-state index in [4.69, 9.17) is 5.11 Å². The molecule has 0 aromatic heterocycles. The van der Waals surface area contributed by atoms with E-state index < -0.39 is 0 Å². The first-order valence-corrected chi connectivity index (χ1v) is 6.79. The molecule has 2 N–H and O–H groups in total. The minimum atomic E-state index is 0.0206. The second-order valence-electron chi connectivity index (χ2n) is 5.44. The van der Waals surface area contributed by atoms with Crippen molar-refractivity contribution in [2.45, 2.75) is 20.3 Å². The van der Waals surface area contributed by atoms with Gasteiger partial charge < -0.3 is 10.4 Å². The minimum absolute atomic E-state index is 0.0206. The van der Waals surface area contributed by atoms with Gasteiger partial charge in [0.25, 0.3) is 0 Å². The summed E-state index contributed by atoms with van der Waals surface area (Å²) in [6.45, 7) is 6.34. The highest BCUT2D eigenvalue weighted by Gasteiger charge is 2.23. The van der Waals surface area contributed by atoms with E-state index in [0.29, 0.717) is 12.5 Å². The Balaban J connectivity index is 1.89. The van der Waals surface area contributed by atoms with Crippen molar-refractivity contribution in [1.29, 1.82) is 0 Å². The van der Waals surface area contributed by atoms with E-state index in [-0.39, 0.29) is 12.5 Å². The van der Waals surface area contributed by atoms with E-state index in [0.717, 1.165) is 36.3 Å². The Labute approximate surface area is 114 Å². The highest BCUT2D eigenvalue weighted by molar-refractivity contribution is 5.93. The molecule has 0 spiro atoms. The number of rotatable bonds is 4. The Bertz CT molecular complexity index is 459. The monoisotopic (exact) mass is 262 g/mol. The van der Waals surface area contributed by atoms with Crippen LogP contribution in [0.5, 0.6) is 0 Å². The van der Waals surface area contributed by atoms with Crippen LogP contribution in [0.3, 0.4) is 0 Å². The summed E-state index contributed by atoms with van der Waals surface area (Å²) in [7, 11) is 0. The molecule has 1 aliphatic rings. The van der Waals surface area contributed by atoms with Gasteiger partial charge in [0.05, 0.1) is 6.54 Å². The molecule has 104 valence electrons. The average Bonchev–Trinajstić information content (AvgIpc) is 2.81. The van der Waals surface area contributed by atoms with Crippen molar-refractivity contribution >= 4 is 11.6 Å². The lowest BCUT2D eigenvalue weighted by Crippen LogP contribution is -2.32. The SMILES string of the molecule is Cc1ccc(C)c(NC(=O)CN2CCC(CO)C2)c1. The Morgan fingerprint density at radius 3 is 2.95 bits per heavy atom. The fourth-order valence-corrected chi connectivity index (χ4v) is 2.47. The van der Waals surface area contributed by atoms with Crippen LogP contribution in [0.2, 0.25) is 0 Å². The quantitative estimate of drug-likeness (QED) is 0.865. The molecule has 0 radical (unpaired) electrons. The van der Waals surface area contributed by atoms with Crippen LogP contribution in [0.15, 0.2) is 18.2 Å². The summed E-state index contributed by atoms with van der Waals surface area (Å²) in [5, 5.41) is 12.1. The Morgan fingerprint density at radius 1 is 1.47 bits per heavy atom. The summed E-state index contributed by atoms with van der Waals surface area (Å²) in [4.78, 5) is 14.1. The van der Waals surface area contributed by atoms with Gasteiger partial charge in [-0.25, -0.2) is 0 Å². The van der Waals surface area contributed by atoms with Gasteiger partial charge in [-0.3, -0.25) is 9.69 Å². The van der Waals surface area contributed by atoms with Gasteiger partial charge in [0, 0.05) is 18.8 Å². The lowest BCUT2D eigenvalue weighted by Gasteiger charge is -2.16. The number of benzene rings is 1. The van der Waals surface area contributed by atoms with E-state index >= 15 is 0 Å². The molecule has 4 nitrogen and oxygen atoms in total. The molecule has 19 heavy (non-hydrogen) atoms. The molecule has 2 rings (SSSR count). The van der Waals surface area contributed by atoms with Crippen LogP contribution in [-0.2, 0) is 4.79 Å². The maximum atomic E-state index is 12.0. The molecule has 1 amide bonds. The van der Waals surface area contributed by atoms with Crippen LogP contribution in [0.25, 0.3) is 0 Å². The number of carbonyl (C=O) groups is 1. The van der Waals surface area contributed by atoms with Gasteiger partial charge in [0.1, 0.15) is 0 Å². The van der Waals surface area contributed by atoms with Crippen molar-refractivity contribution in [3.05, 3.63) is 29.3 Å². The zero-order chi connectivity index (χ0) is 13.8. The fraction of sp³-hybridized carbons (Fsp3) is 0.533. The fourth-order valence-electron chi connectivity index (χ4n) is 2.47. The number of nitrogens with one attached hydrogen (secondary N) is 1. The molecule has 1 aliphatic heterocycles. The molecule has 0 aliphatic carbocycles. The maximum absolute atomic E-state index is 12.0. The molecule has 1 saturated heterocycles. The van der Waals surface area contributed by atoms with Gasteiger partial charge in [0.2, 0.25) is 5.91 Å². The Morgan fingerprint density at radius 2 is 2.26 bits per heavy atom. The van der Waals surface area contributed by atoms with Crippen molar-refractivity contribution in [3.8, 4) is 0 Å². The average molecular weight is 262 g/mol. The van der Waals surface area contributed by atoms with Gasteiger partial charge in [0.15, 0.2) is 0 Å². The summed E-state index contributed by atoms with van der Waals surface area (Å²) in [6, 6.07) is 6.05. The van der Waals surface area contributed by atoms with E-state index in [9.17, 15) is 4.79 Å². The third kappa shape index (κ3) is 3.78. The second kappa shape index (κ2) is 6.17. The normalized spacial score (nSPS) is 19.6. The van der Waals surface area contributed by atoms with Crippen LogP contribution < -0.4 is 5.32 Å². The zero-order valence-electron chi connectivity index (χ0n) is 11.6. The molecule has 1 atom stereocenters. The number of hydrogen-bond donors (Lipinski definition) is 2. The molecule has 1 heterocycles. The summed E-state index contributed by atoms with van der Waals surface area (Å²) in [6.07, 6.45) is 0.979. The highest BCUT2D eigenvalue weighted by atomic mass is 16.3. The number of carbonyl (C=O) groups excluding carboxylic acids is 1. The number of anilines is 1. The molecule has 0 bridgehead atoms. The number of aliphatic hydroxyl groups excluding tert-OH is 1. The molecule has 1 aromatic rings. The van der Waals surface area contributed by atoms with Crippen molar-refractivity contribution in [2.75, 3.05) is 31.6 Å². The van der Waals surface area contributed by atoms with Crippen LogP contribution >= 0.6 is 0 Å². The third-order valence-corrected chi connectivity index (χ3v) is 3.66. The first-order valence-electron chi connectivity index (χ1n) is 6.79. The van der Waals surface area contributed by atoms with Gasteiger partial charge >= 0.3 is 0 Å². The second-order valence-corrected chi connectivity index (χ2v) is 5.44. The van der Waals surface area contributed by atoms with Crippen LogP contribution in [0.1, 0.15) is 17.5 Å². The minimum Gasteiger partial charge on any atom is -0.396 e. The van der Waals surface area contributed by atoms with Gasteiger partial charge in [-0.15, -0.1) is 0 Å². The summed E-state index contributed by atoms with van der Waals surface area (Å²) in [5.41, 5.74) is 3.11. The van der Waals surface area contributed by atoms with Gasteiger partial charge in [-0.1, -0.05) is 12.1 Å². The molecule has 1 unspecified atom stereocenters. The molecular weight excluding hydrogens is 240 g/mol. The van der Waals surface area contributed by atoms with Crippen molar-refractivity contribution in [2.24, 2.45) is 5.92 Å². The molecule has 4 heteroatoms. The zero-order valence-corrected chi connectivity index (χ0v) is 11.6. The molecule has 0 saturated carbocycles. The number of aryl methyl sites for hydroxylation is 2. The van der Waals surface area contributed by atoms with Crippen molar-refractivity contribution in [3.63, 3.8) is 0 Å². The molecule has 1 fully saturated rings. The number of aliphatic hydroxyl groups is 1. The largest absolute Gasteiger partial charge is 0.396 e. The first-order chi connectivity index (χ1) is 9.08. The van der Waals surface area contributed by atoms with E-state index in [1.54, 1.807) is 0 Å². The Kier molecular flexibility index (Phi) is 4.56. The van der Waals surface area contributed by atoms with E-state index in [1.807, 2.05) is 32.0 Å². The van der Waals surface area contributed by atoms with Crippen LogP contribution in [0, 0.1) is 19.8 Å². The number of likely N-dealkylation sites (tertiary alicyclic amines) is 1. The lowest BCUT2D eigenvalue weighted by atomic mass is 10.1. The summed E-state index contributed by atoms with van der Waals surface area (Å²) in [5.74, 6) is 0.348. The topological polar surface area (TPSA) is 52.6 Å². The highest BCUT2D eigenvalue weighted by Crippen LogP contribution is 2.18. The van der Waals surface area contributed by atoms with Crippen LogP contribution in [0.4, 0.5) is 5.69 Å². The van der Waals surface area contributed by atoms with Gasteiger partial charge in [-0.05, 0) is 49.9 Å². The molecule has 1 aromatic carbocycles. The van der Waals surface area contributed by atoms with Gasteiger partial charge in [-0.2, -0.15) is 0 Å². The van der Waals surface area contributed by atoms with Crippen LogP contribution in [-0.4, -0.2) is 42.2 Å².